The highest BCUT2D eigenvalue weighted by atomic mass is 32.2. The van der Waals surface area contributed by atoms with Crippen molar-refractivity contribution in [1.29, 1.82) is 0 Å². The van der Waals surface area contributed by atoms with Gasteiger partial charge in [0.05, 0.1) is 22.5 Å². The second-order valence-corrected chi connectivity index (χ2v) is 12.3. The molecule has 8 nitrogen and oxygen atoms in total. The molecular formula is C27H31F2N5O3S. The number of benzene rings is 2. The van der Waals surface area contributed by atoms with E-state index in [9.17, 15) is 22.0 Å². The number of H-pyrrole nitrogens is 1. The fraction of sp³-hybridized carbons (Fsp3) is 0.407. The number of halogens is 2. The number of carbonyl (C=O) groups excluding carboxylic acids is 1. The lowest BCUT2D eigenvalue weighted by molar-refractivity contribution is 0.0992. The molecule has 2 aliphatic rings. The minimum absolute atomic E-state index is 0.00454. The lowest BCUT2D eigenvalue weighted by atomic mass is 9.98. The predicted molar refractivity (Wildman–Crippen MR) is 139 cm³/mol. The van der Waals surface area contributed by atoms with Crippen LogP contribution in [0, 0.1) is 17.6 Å². The summed E-state index contributed by atoms with van der Waals surface area (Å²) < 4.78 is 55.6. The summed E-state index contributed by atoms with van der Waals surface area (Å²) in [5.74, 6) is -1.59. The Bertz CT molecular complexity index is 1440. The SMILES string of the molecule is CC1(C)c2n[nH]c(CC(=O)c3ccccc3NCC3CCCNC3)c2CN1S(=O)(=O)c1cc(F)cc(F)c1. The number of hydrogen-bond donors (Lipinski definition) is 3. The molecule has 38 heavy (non-hydrogen) atoms. The number of ketones is 1. The fourth-order valence-electron chi connectivity index (χ4n) is 5.36. The lowest BCUT2D eigenvalue weighted by Crippen LogP contribution is -2.40. The average molecular weight is 544 g/mol. The number of anilines is 1. The van der Waals surface area contributed by atoms with Gasteiger partial charge >= 0.3 is 0 Å². The molecule has 1 saturated heterocycles. The van der Waals surface area contributed by atoms with Crippen molar-refractivity contribution in [2.45, 2.75) is 50.1 Å². The number of rotatable bonds is 8. The number of sulfonamides is 1. The van der Waals surface area contributed by atoms with E-state index in [0.29, 0.717) is 34.5 Å². The lowest BCUT2D eigenvalue weighted by Gasteiger charge is -2.30. The van der Waals surface area contributed by atoms with Gasteiger partial charge in [0.1, 0.15) is 11.6 Å². The van der Waals surface area contributed by atoms with Crippen molar-refractivity contribution in [1.82, 2.24) is 19.8 Å². The van der Waals surface area contributed by atoms with Gasteiger partial charge in [-0.05, 0) is 70.0 Å². The largest absolute Gasteiger partial charge is 0.384 e. The Labute approximate surface area is 220 Å². The molecular weight excluding hydrogens is 512 g/mol. The monoisotopic (exact) mass is 543 g/mol. The Kier molecular flexibility index (Phi) is 7.10. The van der Waals surface area contributed by atoms with Crippen molar-refractivity contribution in [3.05, 3.63) is 76.6 Å². The summed E-state index contributed by atoms with van der Waals surface area (Å²) in [6, 6.07) is 9.58. The van der Waals surface area contributed by atoms with E-state index in [2.05, 4.69) is 20.8 Å². The van der Waals surface area contributed by atoms with Gasteiger partial charge in [-0.3, -0.25) is 9.89 Å². The van der Waals surface area contributed by atoms with Crippen LogP contribution in [0.4, 0.5) is 14.5 Å². The summed E-state index contributed by atoms with van der Waals surface area (Å²) in [5.41, 5.74) is 1.82. The van der Waals surface area contributed by atoms with E-state index in [1.807, 2.05) is 18.2 Å². The van der Waals surface area contributed by atoms with E-state index in [4.69, 9.17) is 0 Å². The van der Waals surface area contributed by atoms with Crippen LogP contribution in [0.25, 0.3) is 0 Å². The molecule has 2 aliphatic heterocycles. The molecule has 3 aromatic rings. The summed E-state index contributed by atoms with van der Waals surface area (Å²) in [4.78, 5) is 12.9. The molecule has 1 unspecified atom stereocenters. The quantitative estimate of drug-likeness (QED) is 0.371. The van der Waals surface area contributed by atoms with Gasteiger partial charge in [0.2, 0.25) is 10.0 Å². The second-order valence-electron chi connectivity index (χ2n) is 10.4. The number of nitrogens with zero attached hydrogens (tertiary/aromatic N) is 2. The first-order valence-electron chi connectivity index (χ1n) is 12.7. The molecule has 1 fully saturated rings. The number of carbonyl (C=O) groups is 1. The molecule has 3 N–H and O–H groups in total. The minimum atomic E-state index is -4.25. The van der Waals surface area contributed by atoms with E-state index < -0.39 is 32.1 Å². The molecule has 2 aromatic carbocycles. The normalized spacial score (nSPS) is 19.3. The Balaban J connectivity index is 1.36. The van der Waals surface area contributed by atoms with Crippen LogP contribution in [0.15, 0.2) is 47.4 Å². The maximum absolute atomic E-state index is 13.8. The highest BCUT2D eigenvalue weighted by Gasteiger charge is 2.48. The third-order valence-electron chi connectivity index (χ3n) is 7.43. The average Bonchev–Trinajstić information content (AvgIpc) is 3.41. The molecule has 0 saturated carbocycles. The van der Waals surface area contributed by atoms with Crippen LogP contribution in [0.5, 0.6) is 0 Å². The van der Waals surface area contributed by atoms with Gasteiger partial charge in [0, 0.05) is 41.7 Å². The Morgan fingerprint density at radius 2 is 1.92 bits per heavy atom. The van der Waals surface area contributed by atoms with Crippen molar-refractivity contribution < 1.29 is 22.0 Å². The Morgan fingerprint density at radius 1 is 1.18 bits per heavy atom. The number of aromatic amines is 1. The van der Waals surface area contributed by atoms with Crippen LogP contribution >= 0.6 is 0 Å². The number of aromatic nitrogens is 2. The summed E-state index contributed by atoms with van der Waals surface area (Å²) in [7, 11) is -4.25. The van der Waals surface area contributed by atoms with Crippen molar-refractivity contribution >= 4 is 21.5 Å². The number of piperidine rings is 1. The van der Waals surface area contributed by atoms with E-state index >= 15 is 0 Å². The zero-order valence-electron chi connectivity index (χ0n) is 21.4. The molecule has 1 atom stereocenters. The first kappa shape index (κ1) is 26.5. The highest BCUT2D eigenvalue weighted by molar-refractivity contribution is 7.89. The van der Waals surface area contributed by atoms with Crippen molar-refractivity contribution in [2.24, 2.45) is 5.92 Å². The van der Waals surface area contributed by atoms with Crippen molar-refractivity contribution in [3.8, 4) is 0 Å². The van der Waals surface area contributed by atoms with E-state index in [0.717, 1.165) is 50.3 Å². The van der Waals surface area contributed by atoms with Crippen LogP contribution in [0.3, 0.4) is 0 Å². The van der Waals surface area contributed by atoms with Crippen LogP contribution in [0.1, 0.15) is 54.0 Å². The predicted octanol–water partition coefficient (Wildman–Crippen LogP) is 3.96. The third kappa shape index (κ3) is 4.97. The topological polar surface area (TPSA) is 107 Å². The minimum Gasteiger partial charge on any atom is -0.384 e. The molecule has 5 rings (SSSR count). The van der Waals surface area contributed by atoms with Gasteiger partial charge in [-0.1, -0.05) is 12.1 Å². The second kappa shape index (κ2) is 10.2. The molecule has 1 aromatic heterocycles. The Morgan fingerprint density at radius 3 is 2.63 bits per heavy atom. The van der Waals surface area contributed by atoms with Crippen LogP contribution in [-0.2, 0) is 28.5 Å². The molecule has 3 heterocycles. The smallest absolute Gasteiger partial charge is 0.244 e. The molecule has 202 valence electrons. The van der Waals surface area contributed by atoms with Gasteiger partial charge in [-0.15, -0.1) is 0 Å². The number of nitrogens with one attached hydrogen (secondary N) is 3. The molecule has 0 amide bonds. The summed E-state index contributed by atoms with van der Waals surface area (Å²) >= 11 is 0. The molecule has 0 bridgehead atoms. The molecule has 0 aliphatic carbocycles. The zero-order chi connectivity index (χ0) is 27.1. The number of Topliss-reactive ketones (excluding diaryl/α,β-unsaturated/α-hetero) is 1. The molecule has 0 radical (unpaired) electrons. The summed E-state index contributed by atoms with van der Waals surface area (Å²) in [5, 5.41) is 14.1. The van der Waals surface area contributed by atoms with Gasteiger partial charge in [0.25, 0.3) is 0 Å². The first-order valence-corrected chi connectivity index (χ1v) is 14.1. The van der Waals surface area contributed by atoms with Gasteiger partial charge in [-0.2, -0.15) is 9.40 Å². The number of hydrogen-bond acceptors (Lipinski definition) is 6. The van der Waals surface area contributed by atoms with Crippen LogP contribution in [-0.4, -0.2) is 48.3 Å². The van der Waals surface area contributed by atoms with E-state index in [1.54, 1.807) is 19.9 Å². The maximum atomic E-state index is 13.8. The van der Waals surface area contributed by atoms with Crippen molar-refractivity contribution in [2.75, 3.05) is 25.0 Å². The molecule has 11 heteroatoms. The van der Waals surface area contributed by atoms with Gasteiger partial charge < -0.3 is 10.6 Å². The van der Waals surface area contributed by atoms with Gasteiger partial charge in [0.15, 0.2) is 5.78 Å². The number of para-hydroxylation sites is 1. The van der Waals surface area contributed by atoms with E-state index in [1.165, 1.54) is 4.31 Å². The van der Waals surface area contributed by atoms with Crippen molar-refractivity contribution in [3.63, 3.8) is 0 Å². The van der Waals surface area contributed by atoms with E-state index in [-0.39, 0.29) is 18.7 Å². The summed E-state index contributed by atoms with van der Waals surface area (Å²) in [6.07, 6.45) is 2.27. The van der Waals surface area contributed by atoms with Crippen LogP contribution < -0.4 is 10.6 Å². The summed E-state index contributed by atoms with van der Waals surface area (Å²) in [6.45, 7) is 6.03. The first-order chi connectivity index (χ1) is 18.1. The maximum Gasteiger partial charge on any atom is 0.244 e. The van der Waals surface area contributed by atoms with Gasteiger partial charge in [-0.25, -0.2) is 17.2 Å². The highest BCUT2D eigenvalue weighted by Crippen LogP contribution is 2.42. The zero-order valence-corrected chi connectivity index (χ0v) is 22.2. The molecule has 0 spiro atoms. The Hall–Kier alpha value is -3.15. The third-order valence-corrected chi connectivity index (χ3v) is 9.42. The van der Waals surface area contributed by atoms with Crippen LogP contribution in [0.2, 0.25) is 0 Å². The number of fused-ring (bicyclic) bond motifs is 1. The fourth-order valence-corrected chi connectivity index (χ4v) is 7.13. The standard InChI is InChI=1S/C27H31F2N5O3S/c1-27(2)26-22(16-34(27)38(36,37)20-11-18(28)10-19(29)12-20)24(32-33-26)13-25(35)21-7-3-4-8-23(21)31-15-17-6-5-9-30-14-17/h3-4,7-8,10-12,17,30-31H,5-6,9,13-16H2,1-2H3,(H,32,33).